The van der Waals surface area contributed by atoms with Crippen LogP contribution < -0.4 is 0 Å². The molecule has 3 rings (SSSR count). The number of aliphatic hydroxyl groups excluding tert-OH is 1. The van der Waals surface area contributed by atoms with E-state index in [0.717, 1.165) is 0 Å². The van der Waals surface area contributed by atoms with E-state index in [-0.39, 0.29) is 31.1 Å². The number of rotatable bonds is 9. The zero-order valence-electron chi connectivity index (χ0n) is 18.4. The first-order valence-corrected chi connectivity index (χ1v) is 11.0. The zero-order chi connectivity index (χ0) is 22.2. The van der Waals surface area contributed by atoms with E-state index < -0.39 is 41.6 Å². The number of nitrogens with zero attached hydrogens (tertiary/aromatic N) is 2. The van der Waals surface area contributed by atoms with Crippen LogP contribution in [0.15, 0.2) is 12.7 Å². The van der Waals surface area contributed by atoms with Gasteiger partial charge in [0.2, 0.25) is 11.8 Å². The molecule has 3 aliphatic heterocycles. The lowest BCUT2D eigenvalue weighted by Crippen LogP contribution is -2.59. The van der Waals surface area contributed by atoms with E-state index in [0.29, 0.717) is 25.8 Å². The Balaban J connectivity index is 2.08. The molecule has 3 fully saturated rings. The summed E-state index contributed by atoms with van der Waals surface area (Å²) in [6, 6.07) is -1.50. The summed E-state index contributed by atoms with van der Waals surface area (Å²) < 4.78 is 11.6. The van der Waals surface area contributed by atoms with Gasteiger partial charge in [-0.3, -0.25) is 14.4 Å². The summed E-state index contributed by atoms with van der Waals surface area (Å²) in [5.74, 6) is -2.44. The monoisotopic (exact) mass is 422 g/mol. The predicted molar refractivity (Wildman–Crippen MR) is 109 cm³/mol. The van der Waals surface area contributed by atoms with Gasteiger partial charge in [-0.05, 0) is 40.0 Å². The molecular formula is C22H34N2O6. The average molecular weight is 423 g/mol. The van der Waals surface area contributed by atoms with Crippen molar-refractivity contribution in [1.29, 1.82) is 0 Å². The first-order valence-electron chi connectivity index (χ1n) is 11.0. The maximum absolute atomic E-state index is 13.8. The lowest BCUT2D eigenvalue weighted by atomic mass is 9.70. The van der Waals surface area contributed by atoms with Crippen LogP contribution in [0.5, 0.6) is 0 Å². The number of amides is 2. The molecule has 1 spiro atoms. The molecule has 0 aromatic rings. The fourth-order valence-corrected chi connectivity index (χ4v) is 5.54. The van der Waals surface area contributed by atoms with Crippen molar-refractivity contribution in [2.75, 3.05) is 19.8 Å². The third-order valence-electron chi connectivity index (χ3n) is 6.84. The van der Waals surface area contributed by atoms with Crippen molar-refractivity contribution in [3.63, 3.8) is 0 Å². The minimum Gasteiger partial charge on any atom is -0.466 e. The Bertz CT molecular complexity index is 706. The van der Waals surface area contributed by atoms with Crippen molar-refractivity contribution in [1.82, 2.24) is 9.80 Å². The highest BCUT2D eigenvalue weighted by Gasteiger charge is 2.75. The summed E-state index contributed by atoms with van der Waals surface area (Å²) in [5.41, 5.74) is -1.06. The molecule has 3 saturated heterocycles. The maximum atomic E-state index is 13.8. The minimum atomic E-state index is -1.06. The molecule has 3 aliphatic rings. The van der Waals surface area contributed by atoms with Crippen molar-refractivity contribution in [3.8, 4) is 0 Å². The number of esters is 1. The fraction of sp³-hybridized carbons (Fsp3) is 0.773. The number of aliphatic hydroxyl groups is 1. The quantitative estimate of drug-likeness (QED) is 0.442. The van der Waals surface area contributed by atoms with E-state index in [1.165, 1.54) is 4.90 Å². The van der Waals surface area contributed by atoms with Crippen LogP contribution in [0.1, 0.15) is 47.0 Å². The molecule has 0 aliphatic carbocycles. The summed E-state index contributed by atoms with van der Waals surface area (Å²) in [6.07, 6.45) is 2.86. The maximum Gasteiger partial charge on any atom is 0.312 e. The van der Waals surface area contributed by atoms with Gasteiger partial charge in [0, 0.05) is 12.6 Å². The van der Waals surface area contributed by atoms with E-state index in [2.05, 4.69) is 6.58 Å². The van der Waals surface area contributed by atoms with Gasteiger partial charge in [0.05, 0.1) is 37.2 Å². The Labute approximate surface area is 178 Å². The van der Waals surface area contributed by atoms with Crippen LogP contribution in [0.4, 0.5) is 0 Å². The van der Waals surface area contributed by atoms with E-state index >= 15 is 0 Å². The van der Waals surface area contributed by atoms with Crippen LogP contribution >= 0.6 is 0 Å². The van der Waals surface area contributed by atoms with Gasteiger partial charge in [0.25, 0.3) is 0 Å². The molecule has 6 atom stereocenters. The molecule has 2 amide bonds. The first kappa shape index (κ1) is 22.7. The van der Waals surface area contributed by atoms with Gasteiger partial charge in [-0.2, -0.15) is 0 Å². The van der Waals surface area contributed by atoms with Crippen molar-refractivity contribution in [3.05, 3.63) is 12.7 Å². The van der Waals surface area contributed by atoms with E-state index in [1.807, 2.05) is 20.8 Å². The summed E-state index contributed by atoms with van der Waals surface area (Å²) in [6.45, 7) is 11.5. The van der Waals surface area contributed by atoms with Gasteiger partial charge >= 0.3 is 5.97 Å². The SMILES string of the molecule is C=CCN(C(=O)[C@@H]1N([C@@H](CC)CO)C(=O)[C@H]2[C@H](C(=O)OCC)[C@@H]3CC[C@]12O3)C(C)C. The summed E-state index contributed by atoms with van der Waals surface area (Å²) in [5, 5.41) is 9.98. The van der Waals surface area contributed by atoms with E-state index in [4.69, 9.17) is 9.47 Å². The Morgan fingerprint density at radius 3 is 2.67 bits per heavy atom. The van der Waals surface area contributed by atoms with E-state index in [9.17, 15) is 19.5 Å². The van der Waals surface area contributed by atoms with Crippen molar-refractivity contribution >= 4 is 17.8 Å². The molecule has 0 unspecified atom stereocenters. The van der Waals surface area contributed by atoms with Gasteiger partial charge in [-0.15, -0.1) is 6.58 Å². The van der Waals surface area contributed by atoms with Gasteiger partial charge < -0.3 is 24.4 Å². The molecular weight excluding hydrogens is 388 g/mol. The second-order valence-corrected chi connectivity index (χ2v) is 8.67. The van der Waals surface area contributed by atoms with Crippen molar-refractivity contribution in [2.24, 2.45) is 11.8 Å². The largest absolute Gasteiger partial charge is 0.466 e. The second kappa shape index (κ2) is 8.67. The smallest absolute Gasteiger partial charge is 0.312 e. The predicted octanol–water partition coefficient (Wildman–Crippen LogP) is 1.12. The molecule has 168 valence electrons. The molecule has 0 saturated carbocycles. The molecule has 30 heavy (non-hydrogen) atoms. The Kier molecular flexibility index (Phi) is 6.57. The van der Waals surface area contributed by atoms with Crippen molar-refractivity contribution in [2.45, 2.75) is 76.8 Å². The molecule has 2 bridgehead atoms. The number of carbonyl (C=O) groups is 3. The standard InChI is InChI=1S/C22H34N2O6/c1-6-11-23(13(4)5)20(27)18-22-10-9-15(30-22)16(21(28)29-8-3)17(22)19(26)24(18)14(7-2)12-25/h6,13-18,25H,1,7-12H2,2-5H3/t14-,15-,16+,17+,18-,22+/m0/s1. The zero-order valence-corrected chi connectivity index (χ0v) is 18.4. The van der Waals surface area contributed by atoms with Gasteiger partial charge in [-0.25, -0.2) is 0 Å². The highest BCUT2D eigenvalue weighted by atomic mass is 16.6. The molecule has 3 heterocycles. The number of likely N-dealkylation sites (tertiary alicyclic amines) is 1. The average Bonchev–Trinajstić information content (AvgIpc) is 3.34. The van der Waals surface area contributed by atoms with Gasteiger partial charge in [0.1, 0.15) is 11.6 Å². The summed E-state index contributed by atoms with van der Waals surface area (Å²) in [4.78, 5) is 43.4. The molecule has 0 radical (unpaired) electrons. The van der Waals surface area contributed by atoms with Crippen LogP contribution in [-0.4, -0.2) is 82.3 Å². The second-order valence-electron chi connectivity index (χ2n) is 8.67. The van der Waals surface area contributed by atoms with E-state index in [1.54, 1.807) is 17.9 Å². The Hall–Kier alpha value is -1.93. The van der Waals surface area contributed by atoms with Crippen LogP contribution in [0.25, 0.3) is 0 Å². The van der Waals surface area contributed by atoms with Crippen LogP contribution in [-0.2, 0) is 23.9 Å². The number of fused-ring (bicyclic) bond motifs is 1. The highest BCUT2D eigenvalue weighted by molar-refractivity contribution is 5.98. The van der Waals surface area contributed by atoms with Gasteiger partial charge in [0.15, 0.2) is 0 Å². The van der Waals surface area contributed by atoms with Gasteiger partial charge in [-0.1, -0.05) is 13.0 Å². The number of carbonyl (C=O) groups excluding carboxylic acids is 3. The Morgan fingerprint density at radius 1 is 1.43 bits per heavy atom. The molecule has 8 heteroatoms. The number of hydrogen-bond donors (Lipinski definition) is 1. The third-order valence-corrected chi connectivity index (χ3v) is 6.84. The molecule has 8 nitrogen and oxygen atoms in total. The molecule has 1 N–H and O–H groups in total. The third kappa shape index (κ3) is 3.24. The lowest BCUT2D eigenvalue weighted by Gasteiger charge is -2.40. The summed E-state index contributed by atoms with van der Waals surface area (Å²) in [7, 11) is 0. The fourth-order valence-electron chi connectivity index (χ4n) is 5.54. The first-order chi connectivity index (χ1) is 14.3. The van der Waals surface area contributed by atoms with Crippen molar-refractivity contribution < 1.29 is 29.0 Å². The van der Waals surface area contributed by atoms with Crippen LogP contribution in [0.3, 0.4) is 0 Å². The van der Waals surface area contributed by atoms with Crippen LogP contribution in [0.2, 0.25) is 0 Å². The lowest BCUT2D eigenvalue weighted by molar-refractivity contribution is -0.156. The highest BCUT2D eigenvalue weighted by Crippen LogP contribution is 2.59. The normalized spacial score (nSPS) is 33.0. The number of ether oxygens (including phenoxy) is 2. The van der Waals surface area contributed by atoms with Crippen LogP contribution in [0, 0.1) is 11.8 Å². The molecule has 0 aromatic carbocycles. The summed E-state index contributed by atoms with van der Waals surface area (Å²) >= 11 is 0. The minimum absolute atomic E-state index is 0.100. The molecule has 0 aromatic heterocycles. The Morgan fingerprint density at radius 2 is 2.13 bits per heavy atom. The topological polar surface area (TPSA) is 96.4 Å². The number of hydrogen-bond acceptors (Lipinski definition) is 6.